The SMILES string of the molecule is CC1C=C(C(=O)N[C@@H](CC(=O)N2CCCC[C@@H]2C)C(=O)N[C@@H](C)C2=NCC(Cc3ccccc3)=N2)N(C)O1. The van der Waals surface area contributed by atoms with E-state index < -0.39 is 23.9 Å². The van der Waals surface area contributed by atoms with Gasteiger partial charge in [0, 0.05) is 31.8 Å². The first-order valence-electron chi connectivity index (χ1n) is 13.4. The van der Waals surface area contributed by atoms with Crippen LogP contribution in [0.15, 0.2) is 52.1 Å². The standard InChI is InChI=1S/C28H38N6O4/c1-18-10-8-9-13-34(18)25(35)16-23(32-28(37)24-14-19(2)38-33(24)4)27(36)30-20(3)26-29-17-22(31-26)15-21-11-6-5-7-12-21/h5-7,11-12,14,18-20,23H,8-10,13,15-17H2,1-4H3,(H,30,36)(H,32,37)/t18-,19?,20-,23-/m0/s1. The molecule has 1 unspecified atom stereocenters. The number of carbonyl (C=O) groups is 3. The lowest BCUT2D eigenvalue weighted by atomic mass is 10.0. The van der Waals surface area contributed by atoms with Crippen molar-refractivity contribution < 1.29 is 19.2 Å². The number of nitrogens with one attached hydrogen (secondary N) is 2. The number of hydrogen-bond acceptors (Lipinski definition) is 7. The Morgan fingerprint density at radius 2 is 1.89 bits per heavy atom. The molecular formula is C28H38N6O4. The Morgan fingerprint density at radius 3 is 2.58 bits per heavy atom. The second-order valence-corrected chi connectivity index (χ2v) is 10.3. The molecule has 1 fully saturated rings. The molecule has 0 saturated carbocycles. The van der Waals surface area contributed by atoms with E-state index >= 15 is 0 Å². The number of piperidine rings is 1. The maximum atomic E-state index is 13.4. The molecule has 204 valence electrons. The van der Waals surface area contributed by atoms with Crippen LogP contribution in [0.3, 0.4) is 0 Å². The van der Waals surface area contributed by atoms with E-state index in [2.05, 4.69) is 20.6 Å². The van der Waals surface area contributed by atoms with Crippen molar-refractivity contribution in [3.63, 3.8) is 0 Å². The third kappa shape index (κ3) is 6.86. The van der Waals surface area contributed by atoms with Crippen LogP contribution in [0.25, 0.3) is 0 Å². The fourth-order valence-electron chi connectivity index (χ4n) is 5.03. The van der Waals surface area contributed by atoms with Crippen LogP contribution < -0.4 is 10.6 Å². The molecule has 0 spiro atoms. The lowest BCUT2D eigenvalue weighted by Crippen LogP contribution is -2.54. The molecule has 3 heterocycles. The van der Waals surface area contributed by atoms with E-state index in [0.717, 1.165) is 30.5 Å². The van der Waals surface area contributed by atoms with Crippen molar-refractivity contribution >= 4 is 29.3 Å². The van der Waals surface area contributed by atoms with Crippen molar-refractivity contribution in [2.45, 2.75) is 77.1 Å². The second-order valence-electron chi connectivity index (χ2n) is 10.3. The maximum Gasteiger partial charge on any atom is 0.270 e. The number of benzene rings is 1. The van der Waals surface area contributed by atoms with Crippen molar-refractivity contribution in [3.05, 3.63) is 47.7 Å². The molecule has 1 aromatic carbocycles. The molecule has 0 bridgehead atoms. The summed E-state index contributed by atoms with van der Waals surface area (Å²) in [7, 11) is 1.63. The van der Waals surface area contributed by atoms with Gasteiger partial charge in [-0.3, -0.25) is 29.3 Å². The Bertz CT molecular complexity index is 1130. The number of nitrogens with zero attached hydrogens (tertiary/aromatic N) is 4. The zero-order valence-corrected chi connectivity index (χ0v) is 22.6. The Balaban J connectivity index is 1.43. The molecule has 0 aliphatic carbocycles. The smallest absolute Gasteiger partial charge is 0.270 e. The van der Waals surface area contributed by atoms with E-state index in [4.69, 9.17) is 4.84 Å². The molecule has 0 aromatic heterocycles. The molecule has 3 aliphatic rings. The summed E-state index contributed by atoms with van der Waals surface area (Å²) in [6, 6.07) is 8.62. The van der Waals surface area contributed by atoms with Crippen LogP contribution in [0.4, 0.5) is 0 Å². The average Bonchev–Trinajstić information content (AvgIpc) is 3.49. The minimum atomic E-state index is -1.05. The minimum absolute atomic E-state index is 0.109. The number of rotatable bonds is 9. The van der Waals surface area contributed by atoms with Gasteiger partial charge in [0.15, 0.2) is 0 Å². The summed E-state index contributed by atoms with van der Waals surface area (Å²) < 4.78 is 0. The molecule has 4 atom stereocenters. The monoisotopic (exact) mass is 522 g/mol. The highest BCUT2D eigenvalue weighted by atomic mass is 16.7. The van der Waals surface area contributed by atoms with E-state index in [1.54, 1.807) is 13.1 Å². The molecule has 0 radical (unpaired) electrons. The van der Waals surface area contributed by atoms with Crippen LogP contribution >= 0.6 is 0 Å². The van der Waals surface area contributed by atoms with Crippen LogP contribution in [0.1, 0.15) is 52.0 Å². The molecule has 2 N–H and O–H groups in total. The van der Waals surface area contributed by atoms with Gasteiger partial charge in [0.2, 0.25) is 11.8 Å². The first kappa shape index (κ1) is 27.5. The molecule has 10 nitrogen and oxygen atoms in total. The molecule has 4 rings (SSSR count). The third-order valence-corrected chi connectivity index (χ3v) is 7.11. The molecule has 3 amide bonds. The van der Waals surface area contributed by atoms with Gasteiger partial charge >= 0.3 is 0 Å². The van der Waals surface area contributed by atoms with Crippen molar-refractivity contribution in [1.29, 1.82) is 0 Å². The Labute approximate surface area is 224 Å². The van der Waals surface area contributed by atoms with Gasteiger partial charge in [-0.15, -0.1) is 0 Å². The molecular weight excluding hydrogens is 484 g/mol. The van der Waals surface area contributed by atoms with Gasteiger partial charge in [-0.2, -0.15) is 0 Å². The maximum absolute atomic E-state index is 13.4. The van der Waals surface area contributed by atoms with Gasteiger partial charge in [0.25, 0.3) is 5.91 Å². The Kier molecular flexibility index (Phi) is 8.93. The quantitative estimate of drug-likeness (QED) is 0.515. The molecule has 3 aliphatic heterocycles. The molecule has 38 heavy (non-hydrogen) atoms. The Hall–Kier alpha value is -3.53. The van der Waals surface area contributed by atoms with Gasteiger partial charge in [0.05, 0.1) is 19.0 Å². The summed E-state index contributed by atoms with van der Waals surface area (Å²) in [4.78, 5) is 56.1. The number of amidine groups is 1. The summed E-state index contributed by atoms with van der Waals surface area (Å²) in [5, 5.41) is 7.06. The second kappa shape index (κ2) is 12.3. The highest BCUT2D eigenvalue weighted by Crippen LogP contribution is 2.19. The molecule has 10 heteroatoms. The van der Waals surface area contributed by atoms with Gasteiger partial charge < -0.3 is 15.5 Å². The predicted molar refractivity (Wildman–Crippen MR) is 145 cm³/mol. The van der Waals surface area contributed by atoms with Gasteiger partial charge in [-0.25, -0.2) is 4.99 Å². The van der Waals surface area contributed by atoms with E-state index in [1.165, 1.54) is 5.06 Å². The average molecular weight is 523 g/mol. The van der Waals surface area contributed by atoms with Crippen molar-refractivity contribution in [1.82, 2.24) is 20.6 Å². The normalized spacial score (nSPS) is 22.8. The van der Waals surface area contributed by atoms with Crippen molar-refractivity contribution in [3.8, 4) is 0 Å². The Morgan fingerprint density at radius 1 is 1.13 bits per heavy atom. The largest absolute Gasteiger partial charge is 0.345 e. The zero-order chi connectivity index (χ0) is 27.2. The summed E-state index contributed by atoms with van der Waals surface area (Å²) >= 11 is 0. The van der Waals surface area contributed by atoms with Crippen LogP contribution in [0, 0.1) is 0 Å². The zero-order valence-electron chi connectivity index (χ0n) is 22.6. The van der Waals surface area contributed by atoms with Crippen LogP contribution in [-0.4, -0.2) is 83.6 Å². The number of hydrogen-bond donors (Lipinski definition) is 2. The van der Waals surface area contributed by atoms with Gasteiger partial charge in [-0.1, -0.05) is 30.3 Å². The number of carbonyl (C=O) groups excluding carboxylic acids is 3. The number of likely N-dealkylation sites (tertiary alicyclic amines) is 1. The third-order valence-electron chi connectivity index (χ3n) is 7.11. The highest BCUT2D eigenvalue weighted by molar-refractivity contribution is 6.08. The van der Waals surface area contributed by atoms with Gasteiger partial charge in [0.1, 0.15) is 23.7 Å². The van der Waals surface area contributed by atoms with Crippen LogP contribution in [0.5, 0.6) is 0 Å². The molecule has 1 saturated heterocycles. The molecule has 1 aromatic rings. The first-order chi connectivity index (χ1) is 18.2. The summed E-state index contributed by atoms with van der Waals surface area (Å²) in [5.41, 5.74) is 2.38. The van der Waals surface area contributed by atoms with E-state index in [9.17, 15) is 14.4 Å². The lowest BCUT2D eigenvalue weighted by molar-refractivity contribution is -0.140. The predicted octanol–water partition coefficient (Wildman–Crippen LogP) is 2.01. The number of hydroxylamine groups is 2. The minimum Gasteiger partial charge on any atom is -0.345 e. The summed E-state index contributed by atoms with van der Waals surface area (Å²) in [5.74, 6) is -0.533. The fourth-order valence-corrected chi connectivity index (χ4v) is 5.03. The van der Waals surface area contributed by atoms with Crippen molar-refractivity contribution in [2.24, 2.45) is 9.98 Å². The number of aliphatic imine (C=N–C) groups is 2. The summed E-state index contributed by atoms with van der Waals surface area (Å²) in [6.45, 7) is 6.79. The van der Waals surface area contributed by atoms with E-state index in [0.29, 0.717) is 31.0 Å². The van der Waals surface area contributed by atoms with Crippen LogP contribution in [-0.2, 0) is 25.6 Å². The fraction of sp³-hybridized carbons (Fsp3) is 0.536. The topological polar surface area (TPSA) is 116 Å². The summed E-state index contributed by atoms with van der Waals surface area (Å²) in [6.07, 6.45) is 4.94. The van der Waals surface area contributed by atoms with E-state index in [-0.39, 0.29) is 24.5 Å². The van der Waals surface area contributed by atoms with Gasteiger partial charge in [-0.05, 0) is 51.7 Å². The lowest BCUT2D eigenvalue weighted by Gasteiger charge is -2.34. The van der Waals surface area contributed by atoms with Crippen molar-refractivity contribution in [2.75, 3.05) is 20.1 Å². The van der Waals surface area contributed by atoms with E-state index in [1.807, 2.05) is 56.0 Å². The number of amides is 3. The van der Waals surface area contributed by atoms with Crippen LogP contribution in [0.2, 0.25) is 0 Å². The first-order valence-corrected chi connectivity index (χ1v) is 13.4. The number of likely N-dealkylation sites (N-methyl/N-ethyl adjacent to an activating group) is 1. The highest BCUT2D eigenvalue weighted by Gasteiger charge is 2.33.